The van der Waals surface area contributed by atoms with E-state index < -0.39 is 0 Å². The van der Waals surface area contributed by atoms with E-state index in [1.54, 1.807) is 0 Å². The van der Waals surface area contributed by atoms with Gasteiger partial charge in [0.05, 0.1) is 0 Å². The van der Waals surface area contributed by atoms with E-state index in [4.69, 9.17) is 0 Å². The van der Waals surface area contributed by atoms with Crippen LogP contribution in [0.15, 0.2) is 0 Å². The zero-order chi connectivity index (χ0) is 11.4. The largest absolute Gasteiger partial charge is 0.316 e. The van der Waals surface area contributed by atoms with Crippen LogP contribution >= 0.6 is 0 Å². The first kappa shape index (κ1) is 12.3. The molecule has 2 heterocycles. The summed E-state index contributed by atoms with van der Waals surface area (Å²) in [6.45, 7) is 7.65. The third-order valence-corrected chi connectivity index (χ3v) is 4.14. The lowest BCUT2D eigenvalue weighted by atomic mass is 9.96. The van der Waals surface area contributed by atoms with Crippen molar-refractivity contribution in [2.45, 2.75) is 19.3 Å². The average Bonchev–Trinajstić information content (AvgIpc) is 2.74. The molecule has 2 fully saturated rings. The molecule has 0 spiro atoms. The number of nitrogens with one attached hydrogen (secondary N) is 1. The smallest absolute Gasteiger partial charge is 0.00193 e. The fraction of sp³-hybridized carbons (Fsp3) is 1.00. The maximum Gasteiger partial charge on any atom is 0.00193 e. The summed E-state index contributed by atoms with van der Waals surface area (Å²) in [7, 11) is 4.54. The maximum absolute atomic E-state index is 3.45. The van der Waals surface area contributed by atoms with Crippen LogP contribution in [-0.4, -0.2) is 63.2 Å². The van der Waals surface area contributed by atoms with Gasteiger partial charge >= 0.3 is 0 Å². The molecule has 1 N–H and O–H groups in total. The minimum Gasteiger partial charge on any atom is -0.316 e. The lowest BCUT2D eigenvalue weighted by molar-refractivity contribution is 0.167. The van der Waals surface area contributed by atoms with Crippen molar-refractivity contribution in [3.63, 3.8) is 0 Å². The molecule has 0 aromatic rings. The third-order valence-electron chi connectivity index (χ3n) is 4.14. The Kier molecular flexibility index (Phi) is 4.62. The van der Waals surface area contributed by atoms with Crippen molar-refractivity contribution in [3.8, 4) is 0 Å². The summed E-state index contributed by atoms with van der Waals surface area (Å²) in [6.07, 6.45) is 4.16. The van der Waals surface area contributed by atoms with Gasteiger partial charge in [-0.3, -0.25) is 0 Å². The van der Waals surface area contributed by atoms with Gasteiger partial charge in [-0.05, 0) is 71.4 Å². The van der Waals surface area contributed by atoms with Crippen molar-refractivity contribution >= 4 is 0 Å². The molecule has 3 nitrogen and oxygen atoms in total. The van der Waals surface area contributed by atoms with Crippen LogP contribution in [0.3, 0.4) is 0 Å². The second-order valence-electron chi connectivity index (χ2n) is 5.83. The van der Waals surface area contributed by atoms with E-state index in [-0.39, 0.29) is 0 Å². The monoisotopic (exact) mass is 225 g/mol. The number of likely N-dealkylation sites (tertiary alicyclic amines) is 1. The Hall–Kier alpha value is -0.120. The van der Waals surface area contributed by atoms with E-state index in [1.165, 1.54) is 58.5 Å². The summed E-state index contributed by atoms with van der Waals surface area (Å²) in [5, 5.41) is 3.45. The predicted octanol–water partition coefficient (Wildman–Crippen LogP) is 0.869. The van der Waals surface area contributed by atoms with Gasteiger partial charge in [0.1, 0.15) is 0 Å². The van der Waals surface area contributed by atoms with E-state index in [2.05, 4.69) is 29.2 Å². The Morgan fingerprint density at radius 2 is 1.81 bits per heavy atom. The molecule has 0 aliphatic carbocycles. The Balaban J connectivity index is 1.64. The molecule has 16 heavy (non-hydrogen) atoms. The first-order valence-corrected chi connectivity index (χ1v) is 6.82. The predicted molar refractivity (Wildman–Crippen MR) is 68.7 cm³/mol. The van der Waals surface area contributed by atoms with Gasteiger partial charge in [0.25, 0.3) is 0 Å². The van der Waals surface area contributed by atoms with Gasteiger partial charge in [-0.25, -0.2) is 0 Å². The van der Waals surface area contributed by atoms with Gasteiger partial charge in [-0.1, -0.05) is 0 Å². The summed E-state index contributed by atoms with van der Waals surface area (Å²) >= 11 is 0. The summed E-state index contributed by atoms with van der Waals surface area (Å²) in [4.78, 5) is 5.02. The van der Waals surface area contributed by atoms with E-state index >= 15 is 0 Å². The molecule has 0 aromatic heterocycles. The van der Waals surface area contributed by atoms with Crippen molar-refractivity contribution in [1.29, 1.82) is 0 Å². The topological polar surface area (TPSA) is 18.5 Å². The molecule has 0 radical (unpaired) electrons. The molecule has 0 aromatic carbocycles. The van der Waals surface area contributed by atoms with Crippen LogP contribution in [0.2, 0.25) is 0 Å². The van der Waals surface area contributed by atoms with E-state index in [0.29, 0.717) is 0 Å². The summed E-state index contributed by atoms with van der Waals surface area (Å²) < 4.78 is 0. The summed E-state index contributed by atoms with van der Waals surface area (Å²) in [5.41, 5.74) is 0. The molecular weight excluding hydrogens is 198 g/mol. The van der Waals surface area contributed by atoms with Crippen LogP contribution in [-0.2, 0) is 0 Å². The molecule has 2 rings (SSSR count). The van der Waals surface area contributed by atoms with Crippen molar-refractivity contribution in [3.05, 3.63) is 0 Å². The van der Waals surface area contributed by atoms with Crippen LogP contribution in [0.5, 0.6) is 0 Å². The van der Waals surface area contributed by atoms with Gasteiger partial charge in [0.2, 0.25) is 0 Å². The summed E-state index contributed by atoms with van der Waals surface area (Å²) in [6, 6.07) is 0. The highest BCUT2D eigenvalue weighted by Crippen LogP contribution is 2.18. The van der Waals surface area contributed by atoms with Crippen LogP contribution in [0.25, 0.3) is 0 Å². The van der Waals surface area contributed by atoms with Crippen molar-refractivity contribution < 1.29 is 0 Å². The molecule has 0 amide bonds. The Labute approximate surface area is 100 Å². The minimum atomic E-state index is 0.899. The second-order valence-corrected chi connectivity index (χ2v) is 5.83. The van der Waals surface area contributed by atoms with Gasteiger partial charge in [-0.2, -0.15) is 0 Å². The van der Waals surface area contributed by atoms with Crippen molar-refractivity contribution in [1.82, 2.24) is 15.1 Å². The Morgan fingerprint density at radius 1 is 1.12 bits per heavy atom. The molecule has 0 saturated carbocycles. The van der Waals surface area contributed by atoms with E-state index in [0.717, 1.165) is 11.8 Å². The molecule has 1 atom stereocenters. The lowest BCUT2D eigenvalue weighted by Gasteiger charge is -2.32. The molecule has 1 unspecified atom stereocenters. The number of rotatable bonds is 4. The SMILES string of the molecule is CN1CCC(CN(C)CC2CCNC2)CC1. The molecule has 0 bridgehead atoms. The van der Waals surface area contributed by atoms with Crippen molar-refractivity contribution in [2.24, 2.45) is 11.8 Å². The standard InChI is InChI=1S/C13H27N3/c1-15-7-4-12(5-8-15)10-16(2)11-13-3-6-14-9-13/h12-14H,3-11H2,1-2H3. The highest BCUT2D eigenvalue weighted by atomic mass is 15.1. The van der Waals surface area contributed by atoms with Crippen LogP contribution in [0, 0.1) is 11.8 Å². The number of hydrogen-bond donors (Lipinski definition) is 1. The first-order valence-electron chi connectivity index (χ1n) is 6.82. The van der Waals surface area contributed by atoms with Crippen LogP contribution in [0.4, 0.5) is 0 Å². The number of piperidine rings is 1. The highest BCUT2D eigenvalue weighted by Gasteiger charge is 2.21. The van der Waals surface area contributed by atoms with E-state index in [9.17, 15) is 0 Å². The normalized spacial score (nSPS) is 29.1. The molecule has 2 aliphatic heterocycles. The third kappa shape index (κ3) is 3.72. The fourth-order valence-corrected chi connectivity index (χ4v) is 3.07. The zero-order valence-electron chi connectivity index (χ0n) is 10.9. The van der Waals surface area contributed by atoms with Gasteiger partial charge in [0, 0.05) is 13.1 Å². The van der Waals surface area contributed by atoms with E-state index in [1.807, 2.05) is 0 Å². The van der Waals surface area contributed by atoms with Crippen LogP contribution in [0.1, 0.15) is 19.3 Å². The molecule has 94 valence electrons. The summed E-state index contributed by atoms with van der Waals surface area (Å²) in [5.74, 6) is 1.84. The van der Waals surface area contributed by atoms with Gasteiger partial charge in [0.15, 0.2) is 0 Å². The molecule has 2 aliphatic rings. The number of hydrogen-bond acceptors (Lipinski definition) is 3. The molecular formula is C13H27N3. The Bertz CT molecular complexity index is 193. The first-order chi connectivity index (χ1) is 7.74. The van der Waals surface area contributed by atoms with Gasteiger partial charge < -0.3 is 15.1 Å². The maximum atomic E-state index is 3.45. The highest BCUT2D eigenvalue weighted by molar-refractivity contribution is 4.77. The fourth-order valence-electron chi connectivity index (χ4n) is 3.07. The quantitative estimate of drug-likeness (QED) is 0.766. The second kappa shape index (κ2) is 5.99. The minimum absolute atomic E-state index is 0.899. The molecule has 3 heteroatoms. The average molecular weight is 225 g/mol. The van der Waals surface area contributed by atoms with Gasteiger partial charge in [-0.15, -0.1) is 0 Å². The molecule has 2 saturated heterocycles. The Morgan fingerprint density at radius 3 is 2.44 bits per heavy atom. The zero-order valence-corrected chi connectivity index (χ0v) is 10.9. The van der Waals surface area contributed by atoms with Crippen LogP contribution < -0.4 is 5.32 Å². The van der Waals surface area contributed by atoms with Crippen molar-refractivity contribution in [2.75, 3.05) is 53.4 Å². The lowest BCUT2D eigenvalue weighted by Crippen LogP contribution is -2.37. The number of nitrogens with zero attached hydrogens (tertiary/aromatic N) is 2.